The van der Waals surface area contributed by atoms with Crippen molar-refractivity contribution in [1.82, 2.24) is 0 Å². The molecule has 5 atom stereocenters. The van der Waals surface area contributed by atoms with Crippen LogP contribution in [0.3, 0.4) is 0 Å². The summed E-state index contributed by atoms with van der Waals surface area (Å²) in [5.41, 5.74) is 2.41. The quantitative estimate of drug-likeness (QED) is 0.466. The van der Waals surface area contributed by atoms with Crippen LogP contribution in [0.15, 0.2) is 66.7 Å². The average Bonchev–Trinajstić information content (AvgIpc) is 2.79. The summed E-state index contributed by atoms with van der Waals surface area (Å²) in [5, 5.41) is 0. The zero-order valence-electron chi connectivity index (χ0n) is 18.9. The van der Waals surface area contributed by atoms with E-state index < -0.39 is 0 Å². The van der Waals surface area contributed by atoms with Crippen molar-refractivity contribution in [3.63, 3.8) is 0 Å². The predicted molar refractivity (Wildman–Crippen MR) is 131 cm³/mol. The first kappa shape index (κ1) is 22.2. The number of esters is 1. The molecule has 2 nitrogen and oxygen atoms in total. The molecule has 1 fully saturated rings. The second-order valence-electron chi connectivity index (χ2n) is 9.55. The Hall–Kier alpha value is -2.00. The first-order valence-electron chi connectivity index (χ1n) is 11.7. The molecule has 0 bridgehead atoms. The zero-order valence-corrected chi connectivity index (χ0v) is 19.7. The zero-order chi connectivity index (χ0) is 21.8. The lowest BCUT2D eigenvalue weighted by atomic mass is 9.75. The summed E-state index contributed by atoms with van der Waals surface area (Å²) in [4.78, 5) is 14.8. The third-order valence-corrected chi connectivity index (χ3v) is 8.17. The van der Waals surface area contributed by atoms with Gasteiger partial charge in [0.05, 0.1) is 5.92 Å². The summed E-state index contributed by atoms with van der Waals surface area (Å²) in [7, 11) is 0. The standard InChI is InChI=1S/C28H34O2S/c1-19(2)23-15-14-20(3)16-26(23)30-28(29)25-18-31-27(22-12-8-5-9-13-22)17-24(25)21-10-6-4-7-11-21/h4-13,17,19-20,23-26H,14-16,18H2,1-3H3/t20-,23+,24+,25-,26-/m1/s1. The molecule has 0 N–H and O–H groups in total. The third kappa shape index (κ3) is 5.26. The van der Waals surface area contributed by atoms with Gasteiger partial charge < -0.3 is 4.74 Å². The van der Waals surface area contributed by atoms with E-state index in [9.17, 15) is 4.79 Å². The highest BCUT2D eigenvalue weighted by atomic mass is 32.2. The molecule has 1 aliphatic heterocycles. The van der Waals surface area contributed by atoms with Gasteiger partial charge in [0.2, 0.25) is 0 Å². The number of hydrogen-bond donors (Lipinski definition) is 0. The molecule has 4 rings (SSSR count). The van der Waals surface area contributed by atoms with Crippen LogP contribution in [0.4, 0.5) is 0 Å². The van der Waals surface area contributed by atoms with Gasteiger partial charge >= 0.3 is 5.97 Å². The minimum atomic E-state index is -0.148. The van der Waals surface area contributed by atoms with Crippen LogP contribution in [0.25, 0.3) is 4.91 Å². The van der Waals surface area contributed by atoms with E-state index in [1.165, 1.54) is 22.5 Å². The summed E-state index contributed by atoms with van der Waals surface area (Å²) in [6.07, 6.45) is 5.74. The number of carbonyl (C=O) groups excluding carboxylic acids is 1. The van der Waals surface area contributed by atoms with Crippen molar-refractivity contribution in [1.29, 1.82) is 0 Å². The van der Waals surface area contributed by atoms with Crippen molar-refractivity contribution in [2.45, 2.75) is 52.1 Å². The smallest absolute Gasteiger partial charge is 0.311 e. The molecule has 0 unspecified atom stereocenters. The molecule has 0 aromatic heterocycles. The minimum Gasteiger partial charge on any atom is -0.462 e. The van der Waals surface area contributed by atoms with E-state index in [-0.39, 0.29) is 23.9 Å². The van der Waals surface area contributed by atoms with Gasteiger partial charge in [0.15, 0.2) is 0 Å². The molecule has 3 heteroatoms. The van der Waals surface area contributed by atoms with E-state index in [4.69, 9.17) is 4.74 Å². The van der Waals surface area contributed by atoms with Gasteiger partial charge in [-0.15, -0.1) is 11.8 Å². The van der Waals surface area contributed by atoms with Crippen LogP contribution in [0.1, 0.15) is 57.1 Å². The van der Waals surface area contributed by atoms with Crippen LogP contribution >= 0.6 is 11.8 Å². The minimum absolute atomic E-state index is 0.0190. The Morgan fingerprint density at radius 3 is 2.35 bits per heavy atom. The molecular formula is C28H34O2S. The molecule has 0 spiro atoms. The van der Waals surface area contributed by atoms with E-state index in [1.54, 1.807) is 11.8 Å². The SMILES string of the molecule is CC(C)[C@@H]1CC[C@@H](C)C[C@H]1OC(=O)[C@@H]1CSC(c2ccccc2)=C[C@H]1c1ccccc1. The summed E-state index contributed by atoms with van der Waals surface area (Å²) < 4.78 is 6.29. The summed E-state index contributed by atoms with van der Waals surface area (Å²) in [6, 6.07) is 20.9. The van der Waals surface area contributed by atoms with Crippen LogP contribution in [0.5, 0.6) is 0 Å². The molecule has 1 aliphatic carbocycles. The lowest BCUT2D eigenvalue weighted by molar-refractivity contribution is -0.160. The topological polar surface area (TPSA) is 26.3 Å². The van der Waals surface area contributed by atoms with E-state index in [2.05, 4.69) is 75.4 Å². The Balaban J connectivity index is 1.59. The molecule has 0 saturated heterocycles. The van der Waals surface area contributed by atoms with Crippen LogP contribution < -0.4 is 0 Å². The summed E-state index contributed by atoms with van der Waals surface area (Å²) >= 11 is 1.78. The first-order chi connectivity index (χ1) is 15.0. The highest BCUT2D eigenvalue weighted by molar-refractivity contribution is 8.08. The van der Waals surface area contributed by atoms with Crippen molar-refractivity contribution >= 4 is 22.6 Å². The van der Waals surface area contributed by atoms with E-state index in [1.807, 2.05) is 12.1 Å². The van der Waals surface area contributed by atoms with Crippen molar-refractivity contribution in [2.75, 3.05) is 5.75 Å². The van der Waals surface area contributed by atoms with Crippen molar-refractivity contribution < 1.29 is 9.53 Å². The molecule has 164 valence electrons. The maximum atomic E-state index is 13.5. The Morgan fingerprint density at radius 2 is 1.68 bits per heavy atom. The van der Waals surface area contributed by atoms with Crippen molar-refractivity contribution in [3.8, 4) is 0 Å². The summed E-state index contributed by atoms with van der Waals surface area (Å²) in [6.45, 7) is 6.81. The number of rotatable bonds is 5. The lowest BCUT2D eigenvalue weighted by Crippen LogP contribution is -2.39. The normalized spacial score (nSPS) is 28.8. The van der Waals surface area contributed by atoms with Crippen LogP contribution in [0.2, 0.25) is 0 Å². The average molecular weight is 435 g/mol. The number of hydrogen-bond acceptors (Lipinski definition) is 3. The maximum absolute atomic E-state index is 13.5. The number of carbonyl (C=O) groups is 1. The summed E-state index contributed by atoms with van der Waals surface area (Å²) in [5.74, 6) is 2.28. The number of ether oxygens (including phenoxy) is 1. The first-order valence-corrected chi connectivity index (χ1v) is 12.7. The Bertz CT molecular complexity index is 890. The second kappa shape index (κ2) is 10.1. The second-order valence-corrected chi connectivity index (χ2v) is 10.6. The van der Waals surface area contributed by atoms with Gasteiger partial charge in [-0.3, -0.25) is 4.79 Å². The number of thioether (sulfide) groups is 1. The molecule has 31 heavy (non-hydrogen) atoms. The van der Waals surface area contributed by atoms with Gasteiger partial charge in [-0.2, -0.15) is 0 Å². The fourth-order valence-corrected chi connectivity index (χ4v) is 6.35. The van der Waals surface area contributed by atoms with Gasteiger partial charge in [-0.05, 0) is 41.7 Å². The monoisotopic (exact) mass is 434 g/mol. The molecule has 1 saturated carbocycles. The van der Waals surface area contributed by atoms with Crippen molar-refractivity contribution in [2.24, 2.45) is 23.7 Å². The van der Waals surface area contributed by atoms with Gasteiger partial charge in [0, 0.05) is 16.6 Å². The fourth-order valence-electron chi connectivity index (χ4n) is 5.10. The van der Waals surface area contributed by atoms with Gasteiger partial charge in [-0.25, -0.2) is 0 Å². The number of benzene rings is 2. The molecule has 2 aromatic rings. The molecule has 2 aliphatic rings. The van der Waals surface area contributed by atoms with Gasteiger partial charge in [-0.1, -0.05) is 93.9 Å². The van der Waals surface area contributed by atoms with Crippen LogP contribution in [-0.2, 0) is 9.53 Å². The number of allylic oxidation sites excluding steroid dienone is 1. The molecule has 1 heterocycles. The fraction of sp³-hybridized carbons (Fsp3) is 0.464. The predicted octanol–water partition coefficient (Wildman–Crippen LogP) is 7.18. The third-order valence-electron chi connectivity index (χ3n) is 6.96. The van der Waals surface area contributed by atoms with E-state index in [0.717, 1.165) is 18.6 Å². The lowest BCUT2D eigenvalue weighted by Gasteiger charge is -2.38. The Kier molecular flexibility index (Phi) is 7.22. The van der Waals surface area contributed by atoms with Gasteiger partial charge in [0.25, 0.3) is 0 Å². The molecular weight excluding hydrogens is 400 g/mol. The largest absolute Gasteiger partial charge is 0.462 e. The van der Waals surface area contributed by atoms with Crippen LogP contribution in [-0.4, -0.2) is 17.8 Å². The van der Waals surface area contributed by atoms with Crippen molar-refractivity contribution in [3.05, 3.63) is 77.9 Å². The Morgan fingerprint density at radius 1 is 1.00 bits per heavy atom. The van der Waals surface area contributed by atoms with Crippen LogP contribution in [0, 0.1) is 23.7 Å². The maximum Gasteiger partial charge on any atom is 0.311 e. The van der Waals surface area contributed by atoms with E-state index in [0.29, 0.717) is 17.8 Å². The van der Waals surface area contributed by atoms with Gasteiger partial charge in [0.1, 0.15) is 6.10 Å². The highest BCUT2D eigenvalue weighted by Gasteiger charge is 2.38. The molecule has 0 radical (unpaired) electrons. The molecule has 0 amide bonds. The van der Waals surface area contributed by atoms with E-state index >= 15 is 0 Å². The molecule has 2 aromatic carbocycles. The highest BCUT2D eigenvalue weighted by Crippen LogP contribution is 2.44. The Labute approximate surface area is 191 Å².